The average Bonchev–Trinajstić information content (AvgIpc) is 2.40. The van der Waals surface area contributed by atoms with E-state index in [0.29, 0.717) is 6.42 Å². The van der Waals surface area contributed by atoms with Crippen LogP contribution in [-0.2, 0) is 9.84 Å². The van der Waals surface area contributed by atoms with Crippen LogP contribution in [0.2, 0.25) is 0 Å². The Balaban J connectivity index is 2.35. The molecule has 0 aromatic heterocycles. The molecule has 1 saturated carbocycles. The number of nitrogens with one attached hydrogen (secondary N) is 1. The lowest BCUT2D eigenvalue weighted by Gasteiger charge is -2.31. The minimum atomic E-state index is -3.60. The summed E-state index contributed by atoms with van der Waals surface area (Å²) in [5.41, 5.74) is 0. The third-order valence-corrected chi connectivity index (χ3v) is 6.02. The molecule has 1 N–H and O–H groups in total. The highest BCUT2D eigenvalue weighted by molar-refractivity contribution is 7.92. The maximum atomic E-state index is 13.8. The van der Waals surface area contributed by atoms with E-state index in [1.807, 2.05) is 6.92 Å². The number of rotatable bonds is 4. The number of sulfone groups is 1. The van der Waals surface area contributed by atoms with Crippen LogP contribution in [-0.4, -0.2) is 26.3 Å². The van der Waals surface area contributed by atoms with Gasteiger partial charge in [-0.05, 0) is 31.5 Å². The Labute approximate surface area is 114 Å². The summed E-state index contributed by atoms with van der Waals surface area (Å²) in [5.74, 6) is -0.650. The van der Waals surface area contributed by atoms with Crippen molar-refractivity contribution < 1.29 is 12.8 Å². The van der Waals surface area contributed by atoms with Gasteiger partial charge < -0.3 is 5.32 Å². The Kier molecular flexibility index (Phi) is 4.58. The average molecular weight is 285 g/mol. The summed E-state index contributed by atoms with van der Waals surface area (Å²) in [4.78, 5) is -0.162. The molecule has 0 aliphatic heterocycles. The summed E-state index contributed by atoms with van der Waals surface area (Å²) in [6.07, 6.45) is 3.36. The van der Waals surface area contributed by atoms with Crippen LogP contribution in [0.4, 0.5) is 4.39 Å². The first-order chi connectivity index (χ1) is 9.07. The third-order valence-electron chi connectivity index (χ3n) is 3.71. The van der Waals surface area contributed by atoms with Gasteiger partial charge in [0.25, 0.3) is 0 Å². The summed E-state index contributed by atoms with van der Waals surface area (Å²) >= 11 is 0. The second-order valence-electron chi connectivity index (χ2n) is 4.96. The Morgan fingerprint density at radius 2 is 1.95 bits per heavy atom. The van der Waals surface area contributed by atoms with Gasteiger partial charge in [-0.2, -0.15) is 0 Å². The van der Waals surface area contributed by atoms with Gasteiger partial charge in [-0.3, -0.25) is 0 Å². The number of hydrogen-bond acceptors (Lipinski definition) is 3. The van der Waals surface area contributed by atoms with Gasteiger partial charge in [0.1, 0.15) is 10.7 Å². The van der Waals surface area contributed by atoms with Crippen molar-refractivity contribution in [2.45, 2.75) is 48.8 Å². The summed E-state index contributed by atoms with van der Waals surface area (Å²) in [6, 6.07) is 5.58. The molecule has 0 spiro atoms. The fourth-order valence-electron chi connectivity index (χ4n) is 2.80. The third kappa shape index (κ3) is 2.98. The Morgan fingerprint density at radius 1 is 1.26 bits per heavy atom. The van der Waals surface area contributed by atoms with Crippen molar-refractivity contribution in [3.05, 3.63) is 30.1 Å². The normalized spacial score (nSPS) is 24.3. The van der Waals surface area contributed by atoms with E-state index in [1.54, 1.807) is 6.07 Å². The van der Waals surface area contributed by atoms with Crippen LogP contribution < -0.4 is 5.32 Å². The molecular formula is C14H20FNO2S. The van der Waals surface area contributed by atoms with E-state index in [2.05, 4.69) is 5.32 Å². The molecule has 5 heteroatoms. The van der Waals surface area contributed by atoms with E-state index >= 15 is 0 Å². The molecule has 0 radical (unpaired) electrons. The zero-order chi connectivity index (χ0) is 13.9. The lowest BCUT2D eigenvalue weighted by atomic mass is 9.95. The SMILES string of the molecule is CCNC1CCCCC1S(=O)(=O)c1ccccc1F. The molecule has 2 unspecified atom stereocenters. The molecule has 0 saturated heterocycles. The molecule has 106 valence electrons. The Morgan fingerprint density at radius 3 is 2.63 bits per heavy atom. The van der Waals surface area contributed by atoms with E-state index in [1.165, 1.54) is 18.2 Å². The van der Waals surface area contributed by atoms with Gasteiger partial charge in [-0.25, -0.2) is 12.8 Å². The molecular weight excluding hydrogens is 265 g/mol. The first-order valence-electron chi connectivity index (χ1n) is 6.79. The number of hydrogen-bond donors (Lipinski definition) is 1. The van der Waals surface area contributed by atoms with Crippen LogP contribution in [0, 0.1) is 5.82 Å². The lowest BCUT2D eigenvalue weighted by molar-refractivity contribution is 0.376. The predicted octanol–water partition coefficient (Wildman–Crippen LogP) is 2.52. The molecule has 0 bridgehead atoms. The maximum Gasteiger partial charge on any atom is 0.185 e. The minimum Gasteiger partial charge on any atom is -0.313 e. The quantitative estimate of drug-likeness (QED) is 0.924. The number of benzene rings is 1. The van der Waals surface area contributed by atoms with E-state index in [4.69, 9.17) is 0 Å². The van der Waals surface area contributed by atoms with E-state index in [0.717, 1.165) is 25.8 Å². The molecule has 1 aromatic rings. The van der Waals surface area contributed by atoms with Crippen LogP contribution in [0.25, 0.3) is 0 Å². The van der Waals surface area contributed by atoms with Crippen LogP contribution in [0.1, 0.15) is 32.6 Å². The summed E-state index contributed by atoms with van der Waals surface area (Å²) in [5, 5.41) is 2.71. The highest BCUT2D eigenvalue weighted by Crippen LogP contribution is 2.30. The highest BCUT2D eigenvalue weighted by Gasteiger charge is 2.37. The lowest BCUT2D eigenvalue weighted by Crippen LogP contribution is -2.46. The highest BCUT2D eigenvalue weighted by atomic mass is 32.2. The summed E-state index contributed by atoms with van der Waals surface area (Å²) < 4.78 is 39.0. The molecule has 2 rings (SSSR count). The van der Waals surface area contributed by atoms with Crippen molar-refractivity contribution in [3.8, 4) is 0 Å². The Bertz CT molecular complexity index is 528. The van der Waals surface area contributed by atoms with Crippen molar-refractivity contribution in [3.63, 3.8) is 0 Å². The molecule has 1 aliphatic rings. The van der Waals surface area contributed by atoms with Crippen molar-refractivity contribution in [1.82, 2.24) is 5.32 Å². The van der Waals surface area contributed by atoms with Gasteiger partial charge in [0.05, 0.1) is 5.25 Å². The van der Waals surface area contributed by atoms with Crippen molar-refractivity contribution in [2.75, 3.05) is 6.54 Å². The summed E-state index contributed by atoms with van der Waals surface area (Å²) in [7, 11) is -3.60. The molecule has 0 amide bonds. The smallest absolute Gasteiger partial charge is 0.185 e. The second-order valence-corrected chi connectivity index (χ2v) is 7.10. The molecule has 0 heterocycles. The molecule has 1 fully saturated rings. The zero-order valence-corrected chi connectivity index (χ0v) is 11.9. The monoisotopic (exact) mass is 285 g/mol. The largest absolute Gasteiger partial charge is 0.313 e. The molecule has 3 nitrogen and oxygen atoms in total. The van der Waals surface area contributed by atoms with Gasteiger partial charge in [-0.15, -0.1) is 0 Å². The maximum absolute atomic E-state index is 13.8. The molecule has 19 heavy (non-hydrogen) atoms. The van der Waals surface area contributed by atoms with E-state index in [9.17, 15) is 12.8 Å². The van der Waals surface area contributed by atoms with Gasteiger partial charge >= 0.3 is 0 Å². The van der Waals surface area contributed by atoms with Gasteiger partial charge in [0.15, 0.2) is 9.84 Å². The minimum absolute atomic E-state index is 0.0663. The van der Waals surface area contributed by atoms with Gasteiger partial charge in [0.2, 0.25) is 0 Å². The predicted molar refractivity (Wildman–Crippen MR) is 73.3 cm³/mol. The first kappa shape index (κ1) is 14.5. The topological polar surface area (TPSA) is 46.2 Å². The van der Waals surface area contributed by atoms with Crippen molar-refractivity contribution in [1.29, 1.82) is 0 Å². The van der Waals surface area contributed by atoms with Crippen LogP contribution in [0.3, 0.4) is 0 Å². The van der Waals surface area contributed by atoms with Crippen LogP contribution in [0.15, 0.2) is 29.2 Å². The summed E-state index contributed by atoms with van der Waals surface area (Å²) in [6.45, 7) is 2.69. The molecule has 1 aliphatic carbocycles. The zero-order valence-electron chi connectivity index (χ0n) is 11.1. The van der Waals surface area contributed by atoms with Gasteiger partial charge in [0, 0.05) is 6.04 Å². The standard InChI is InChI=1S/C14H20FNO2S/c1-2-16-12-8-4-6-10-14(12)19(17,18)13-9-5-3-7-11(13)15/h3,5,7,9,12,14,16H,2,4,6,8,10H2,1H3. The van der Waals surface area contributed by atoms with Crippen molar-refractivity contribution >= 4 is 9.84 Å². The molecule has 2 atom stereocenters. The fourth-order valence-corrected chi connectivity index (χ4v) is 4.88. The van der Waals surface area contributed by atoms with Crippen molar-refractivity contribution in [2.24, 2.45) is 0 Å². The van der Waals surface area contributed by atoms with Gasteiger partial charge in [-0.1, -0.05) is 31.9 Å². The first-order valence-corrected chi connectivity index (χ1v) is 8.33. The number of halogens is 1. The second kappa shape index (κ2) is 6.01. The van der Waals surface area contributed by atoms with E-state index < -0.39 is 20.9 Å². The van der Waals surface area contributed by atoms with Crippen LogP contribution >= 0.6 is 0 Å². The van der Waals surface area contributed by atoms with E-state index in [-0.39, 0.29) is 10.9 Å². The Hall–Kier alpha value is -0.940. The van der Waals surface area contributed by atoms with Crippen LogP contribution in [0.5, 0.6) is 0 Å². The molecule has 1 aromatic carbocycles. The fraction of sp³-hybridized carbons (Fsp3) is 0.571.